The summed E-state index contributed by atoms with van der Waals surface area (Å²) in [5.41, 5.74) is 0.552. The first-order valence-electron chi connectivity index (χ1n) is 5.53. The molecule has 0 aromatic heterocycles. The third-order valence-corrected chi connectivity index (χ3v) is 3.10. The Morgan fingerprint density at radius 1 is 1.17 bits per heavy atom. The zero-order valence-electron chi connectivity index (χ0n) is 9.19. The molecule has 0 N–H and O–H groups in total. The van der Waals surface area contributed by atoms with Crippen molar-refractivity contribution in [1.29, 1.82) is 0 Å². The van der Waals surface area contributed by atoms with Gasteiger partial charge in [-0.1, -0.05) is 47.0 Å². The predicted molar refractivity (Wildman–Crippen MR) is 55.2 cm³/mol. The normalized spacial score (nSPS) is 29.0. The Labute approximate surface area is 77.7 Å². The fourth-order valence-electron chi connectivity index (χ4n) is 2.06. The molecule has 0 aromatic carbocycles. The van der Waals surface area contributed by atoms with Crippen LogP contribution in [0.3, 0.4) is 0 Å². The summed E-state index contributed by atoms with van der Waals surface area (Å²) in [5.74, 6) is 2.21. The molecule has 2 atom stereocenters. The van der Waals surface area contributed by atoms with E-state index in [0.717, 1.165) is 11.8 Å². The number of hydrogen-bond donors (Lipinski definition) is 0. The first kappa shape index (κ1) is 10.1. The van der Waals surface area contributed by atoms with Crippen LogP contribution in [0, 0.1) is 17.3 Å². The van der Waals surface area contributed by atoms with Gasteiger partial charge in [0.05, 0.1) is 0 Å². The van der Waals surface area contributed by atoms with Gasteiger partial charge in [-0.05, 0) is 30.1 Å². The minimum atomic E-state index is 0.552. The fraction of sp³-hybridized carbons (Fsp3) is 1.00. The van der Waals surface area contributed by atoms with E-state index in [4.69, 9.17) is 0 Å². The monoisotopic (exact) mass is 168 g/mol. The second-order valence-corrected chi connectivity index (χ2v) is 5.62. The lowest BCUT2D eigenvalue weighted by molar-refractivity contribution is 0.353. The van der Waals surface area contributed by atoms with E-state index >= 15 is 0 Å². The van der Waals surface area contributed by atoms with Crippen molar-refractivity contribution < 1.29 is 0 Å². The molecule has 0 amide bonds. The van der Waals surface area contributed by atoms with E-state index in [1.165, 1.54) is 32.1 Å². The van der Waals surface area contributed by atoms with Crippen molar-refractivity contribution in [2.45, 2.75) is 59.8 Å². The molecule has 0 heteroatoms. The first-order valence-corrected chi connectivity index (χ1v) is 5.53. The summed E-state index contributed by atoms with van der Waals surface area (Å²) < 4.78 is 0. The highest BCUT2D eigenvalue weighted by Crippen LogP contribution is 2.44. The SMILES string of the molecule is CCC1CC1CCCC(C)(C)C. The molecule has 2 unspecified atom stereocenters. The molecule has 0 heterocycles. The zero-order chi connectivity index (χ0) is 9.19. The second-order valence-electron chi connectivity index (χ2n) is 5.62. The highest BCUT2D eigenvalue weighted by atomic mass is 14.4. The molecule has 1 aliphatic carbocycles. The van der Waals surface area contributed by atoms with Crippen molar-refractivity contribution in [3.8, 4) is 0 Å². The van der Waals surface area contributed by atoms with E-state index in [9.17, 15) is 0 Å². The van der Waals surface area contributed by atoms with Gasteiger partial charge in [-0.15, -0.1) is 0 Å². The van der Waals surface area contributed by atoms with E-state index in [0.29, 0.717) is 5.41 Å². The third kappa shape index (κ3) is 3.60. The van der Waals surface area contributed by atoms with Crippen molar-refractivity contribution in [2.24, 2.45) is 17.3 Å². The molecule has 0 radical (unpaired) electrons. The summed E-state index contributed by atoms with van der Waals surface area (Å²) in [5, 5.41) is 0. The fourth-order valence-corrected chi connectivity index (χ4v) is 2.06. The van der Waals surface area contributed by atoms with Gasteiger partial charge in [0.1, 0.15) is 0 Å². The summed E-state index contributed by atoms with van der Waals surface area (Å²) in [6.45, 7) is 9.36. The zero-order valence-corrected chi connectivity index (χ0v) is 9.19. The Bertz CT molecular complexity index is 129. The molecular weight excluding hydrogens is 144 g/mol. The van der Waals surface area contributed by atoms with Crippen molar-refractivity contribution in [1.82, 2.24) is 0 Å². The van der Waals surface area contributed by atoms with Gasteiger partial charge in [-0.2, -0.15) is 0 Å². The van der Waals surface area contributed by atoms with Crippen LogP contribution in [0.4, 0.5) is 0 Å². The summed E-state index contributed by atoms with van der Waals surface area (Å²) >= 11 is 0. The molecule has 1 aliphatic rings. The molecule has 72 valence electrons. The van der Waals surface area contributed by atoms with E-state index in [1.54, 1.807) is 0 Å². The molecule has 1 fully saturated rings. The summed E-state index contributed by atoms with van der Waals surface area (Å²) in [6, 6.07) is 0. The van der Waals surface area contributed by atoms with Crippen LogP contribution in [0.25, 0.3) is 0 Å². The molecule has 1 rings (SSSR count). The highest BCUT2D eigenvalue weighted by Gasteiger charge is 2.34. The van der Waals surface area contributed by atoms with Gasteiger partial charge in [-0.25, -0.2) is 0 Å². The maximum absolute atomic E-state index is 2.34. The molecule has 0 nitrogen and oxygen atoms in total. The Morgan fingerprint density at radius 2 is 1.83 bits per heavy atom. The molecular formula is C12H24. The molecule has 0 aromatic rings. The van der Waals surface area contributed by atoms with Crippen LogP contribution in [0.1, 0.15) is 59.8 Å². The predicted octanol–water partition coefficient (Wildman–Crippen LogP) is 4.25. The van der Waals surface area contributed by atoms with E-state index in [1.807, 2.05) is 0 Å². The molecule has 0 saturated heterocycles. The topological polar surface area (TPSA) is 0 Å². The van der Waals surface area contributed by atoms with Gasteiger partial charge in [-0.3, -0.25) is 0 Å². The second kappa shape index (κ2) is 3.81. The Hall–Kier alpha value is 0. The lowest BCUT2D eigenvalue weighted by Crippen LogP contribution is -2.04. The molecule has 0 spiro atoms. The third-order valence-electron chi connectivity index (χ3n) is 3.10. The van der Waals surface area contributed by atoms with Crippen LogP contribution in [-0.4, -0.2) is 0 Å². The van der Waals surface area contributed by atoms with Crippen LogP contribution < -0.4 is 0 Å². The van der Waals surface area contributed by atoms with Crippen molar-refractivity contribution in [3.63, 3.8) is 0 Å². The molecule has 0 bridgehead atoms. The first-order chi connectivity index (χ1) is 5.53. The van der Waals surface area contributed by atoms with Gasteiger partial charge in [0, 0.05) is 0 Å². The van der Waals surface area contributed by atoms with E-state index < -0.39 is 0 Å². The van der Waals surface area contributed by atoms with Crippen LogP contribution in [0.2, 0.25) is 0 Å². The maximum Gasteiger partial charge on any atom is -0.0383 e. The smallest absolute Gasteiger partial charge is 0.0383 e. The highest BCUT2D eigenvalue weighted by molar-refractivity contribution is 4.84. The van der Waals surface area contributed by atoms with Gasteiger partial charge in [0.2, 0.25) is 0 Å². The largest absolute Gasteiger partial charge is 0.0651 e. The number of rotatable bonds is 4. The van der Waals surface area contributed by atoms with Crippen molar-refractivity contribution in [2.75, 3.05) is 0 Å². The Kier molecular flexibility index (Phi) is 3.20. The van der Waals surface area contributed by atoms with Gasteiger partial charge in [0.25, 0.3) is 0 Å². The van der Waals surface area contributed by atoms with Crippen LogP contribution in [0.5, 0.6) is 0 Å². The minimum Gasteiger partial charge on any atom is -0.0651 e. The number of hydrogen-bond acceptors (Lipinski definition) is 0. The molecule has 0 aliphatic heterocycles. The van der Waals surface area contributed by atoms with E-state index in [-0.39, 0.29) is 0 Å². The van der Waals surface area contributed by atoms with Crippen LogP contribution in [0.15, 0.2) is 0 Å². The lowest BCUT2D eigenvalue weighted by Gasteiger charge is -2.17. The average molecular weight is 168 g/mol. The maximum atomic E-state index is 2.34. The molecule has 1 saturated carbocycles. The van der Waals surface area contributed by atoms with Crippen LogP contribution >= 0.6 is 0 Å². The van der Waals surface area contributed by atoms with Crippen molar-refractivity contribution in [3.05, 3.63) is 0 Å². The summed E-state index contributed by atoms with van der Waals surface area (Å²) in [4.78, 5) is 0. The van der Waals surface area contributed by atoms with Crippen molar-refractivity contribution >= 4 is 0 Å². The summed E-state index contributed by atoms with van der Waals surface area (Å²) in [7, 11) is 0. The molecule has 12 heavy (non-hydrogen) atoms. The standard InChI is InChI=1S/C12H24/c1-5-10-9-11(10)7-6-8-12(2,3)4/h10-11H,5-9H2,1-4H3. The summed E-state index contributed by atoms with van der Waals surface area (Å²) in [6.07, 6.45) is 7.29. The average Bonchev–Trinajstić information content (AvgIpc) is 2.64. The van der Waals surface area contributed by atoms with E-state index in [2.05, 4.69) is 27.7 Å². The Balaban J connectivity index is 1.98. The minimum absolute atomic E-state index is 0.552. The Morgan fingerprint density at radius 3 is 2.25 bits per heavy atom. The quantitative estimate of drug-likeness (QED) is 0.588. The van der Waals surface area contributed by atoms with Gasteiger partial charge < -0.3 is 0 Å². The van der Waals surface area contributed by atoms with Gasteiger partial charge >= 0.3 is 0 Å². The van der Waals surface area contributed by atoms with Crippen LogP contribution in [-0.2, 0) is 0 Å². The van der Waals surface area contributed by atoms with Gasteiger partial charge in [0.15, 0.2) is 0 Å². The lowest BCUT2D eigenvalue weighted by atomic mass is 9.89.